The quantitative estimate of drug-likeness (QED) is 0.826. The van der Waals surface area contributed by atoms with Gasteiger partial charge in [0.05, 0.1) is 19.8 Å². The van der Waals surface area contributed by atoms with Gasteiger partial charge in [0.15, 0.2) is 0 Å². The number of hydrogen-bond acceptors (Lipinski definition) is 5. The van der Waals surface area contributed by atoms with Crippen molar-refractivity contribution < 1.29 is 14.3 Å². The molecular formula is C16H21N3O3. The van der Waals surface area contributed by atoms with Crippen molar-refractivity contribution in [3.8, 4) is 0 Å². The van der Waals surface area contributed by atoms with E-state index in [1.165, 1.54) is 0 Å². The van der Waals surface area contributed by atoms with Crippen LogP contribution in [0, 0.1) is 0 Å². The predicted molar refractivity (Wildman–Crippen MR) is 78.6 cm³/mol. The Balaban J connectivity index is 1.50. The Kier molecular flexibility index (Phi) is 3.58. The zero-order valence-corrected chi connectivity index (χ0v) is 12.7. The Morgan fingerprint density at radius 1 is 1.36 bits per heavy atom. The maximum atomic E-state index is 12.8. The summed E-state index contributed by atoms with van der Waals surface area (Å²) in [5, 5.41) is 0. The summed E-state index contributed by atoms with van der Waals surface area (Å²) >= 11 is 0. The van der Waals surface area contributed by atoms with Crippen LogP contribution in [0.2, 0.25) is 0 Å². The molecule has 3 fully saturated rings. The Bertz CT molecular complexity index is 562. The topological polar surface area (TPSA) is 64.6 Å². The van der Waals surface area contributed by atoms with Crippen LogP contribution in [-0.2, 0) is 9.47 Å². The third-order valence-electron chi connectivity index (χ3n) is 4.66. The molecule has 0 radical (unpaired) electrons. The van der Waals surface area contributed by atoms with Crippen molar-refractivity contribution in [3.05, 3.63) is 23.8 Å². The number of hydrogen-bond donors (Lipinski definition) is 0. The van der Waals surface area contributed by atoms with Gasteiger partial charge in [0.1, 0.15) is 17.1 Å². The van der Waals surface area contributed by atoms with E-state index in [9.17, 15) is 4.79 Å². The van der Waals surface area contributed by atoms with Gasteiger partial charge in [0, 0.05) is 25.3 Å². The molecule has 1 atom stereocenters. The fraction of sp³-hybridized carbons (Fsp3) is 0.688. The molecule has 118 valence electrons. The molecule has 1 saturated carbocycles. The Morgan fingerprint density at radius 2 is 2.27 bits per heavy atom. The lowest BCUT2D eigenvalue weighted by atomic mass is 9.94. The van der Waals surface area contributed by atoms with Crippen LogP contribution in [0.1, 0.15) is 47.9 Å². The normalized spacial score (nSPS) is 28.8. The molecule has 3 heterocycles. The van der Waals surface area contributed by atoms with Gasteiger partial charge in [0.25, 0.3) is 5.91 Å². The highest BCUT2D eigenvalue weighted by atomic mass is 16.5. The number of carbonyl (C=O) groups is 1. The first-order chi connectivity index (χ1) is 10.8. The van der Waals surface area contributed by atoms with Crippen molar-refractivity contribution >= 4 is 5.91 Å². The Morgan fingerprint density at radius 3 is 3.05 bits per heavy atom. The molecule has 2 saturated heterocycles. The van der Waals surface area contributed by atoms with E-state index in [0.717, 1.165) is 38.1 Å². The van der Waals surface area contributed by atoms with Crippen LogP contribution in [0.3, 0.4) is 0 Å². The molecule has 1 aliphatic carbocycles. The van der Waals surface area contributed by atoms with Crippen LogP contribution in [0.5, 0.6) is 0 Å². The predicted octanol–water partition coefficient (Wildman–Crippen LogP) is 1.38. The molecule has 1 spiro atoms. The molecule has 22 heavy (non-hydrogen) atoms. The van der Waals surface area contributed by atoms with E-state index < -0.39 is 0 Å². The monoisotopic (exact) mass is 303 g/mol. The van der Waals surface area contributed by atoms with Gasteiger partial charge in [-0.2, -0.15) is 0 Å². The zero-order valence-electron chi connectivity index (χ0n) is 12.7. The maximum Gasteiger partial charge on any atom is 0.272 e. The molecule has 3 aliphatic rings. The largest absolute Gasteiger partial charge is 0.378 e. The standard InChI is InChI=1S/C16H21N3O3/c20-15(13-4-6-17-14(18-13)12-2-3-12)19-7-9-22-16(10-19)5-1-8-21-11-16/h4,6,12H,1-3,5,7-11H2/t16-/m0/s1. The van der Waals surface area contributed by atoms with Gasteiger partial charge in [-0.05, 0) is 31.7 Å². The van der Waals surface area contributed by atoms with Crippen LogP contribution in [0.25, 0.3) is 0 Å². The van der Waals surface area contributed by atoms with E-state index in [2.05, 4.69) is 9.97 Å². The maximum absolute atomic E-state index is 12.8. The van der Waals surface area contributed by atoms with Crippen molar-refractivity contribution in [2.45, 2.75) is 37.2 Å². The number of morpholine rings is 1. The van der Waals surface area contributed by atoms with Gasteiger partial charge in [-0.3, -0.25) is 4.79 Å². The molecule has 4 rings (SSSR count). The molecule has 1 aromatic rings. The molecule has 6 nitrogen and oxygen atoms in total. The van der Waals surface area contributed by atoms with Crippen molar-refractivity contribution in [1.29, 1.82) is 0 Å². The van der Waals surface area contributed by atoms with Crippen molar-refractivity contribution in [1.82, 2.24) is 14.9 Å². The van der Waals surface area contributed by atoms with Crippen LogP contribution in [0.15, 0.2) is 12.3 Å². The van der Waals surface area contributed by atoms with Gasteiger partial charge >= 0.3 is 0 Å². The van der Waals surface area contributed by atoms with Crippen LogP contribution >= 0.6 is 0 Å². The number of rotatable bonds is 2. The third-order valence-corrected chi connectivity index (χ3v) is 4.66. The molecule has 1 aromatic heterocycles. The van der Waals surface area contributed by atoms with E-state index in [0.29, 0.717) is 37.9 Å². The second kappa shape index (κ2) is 5.59. The molecule has 2 aliphatic heterocycles. The van der Waals surface area contributed by atoms with E-state index in [4.69, 9.17) is 9.47 Å². The highest BCUT2D eigenvalue weighted by molar-refractivity contribution is 5.92. The summed E-state index contributed by atoms with van der Waals surface area (Å²) < 4.78 is 11.5. The lowest BCUT2D eigenvalue weighted by Crippen LogP contribution is -2.57. The molecule has 0 unspecified atom stereocenters. The highest BCUT2D eigenvalue weighted by Gasteiger charge is 2.40. The summed E-state index contributed by atoms with van der Waals surface area (Å²) in [5.74, 6) is 1.25. The summed E-state index contributed by atoms with van der Waals surface area (Å²) in [6.45, 7) is 3.14. The first-order valence-electron chi connectivity index (χ1n) is 8.10. The van der Waals surface area contributed by atoms with Crippen molar-refractivity contribution in [3.63, 3.8) is 0 Å². The summed E-state index contributed by atoms with van der Waals surface area (Å²) in [4.78, 5) is 23.4. The SMILES string of the molecule is O=C(c1ccnc(C2CC2)n1)N1CCO[C@@]2(CCCOC2)C1. The van der Waals surface area contributed by atoms with Gasteiger partial charge in [0.2, 0.25) is 0 Å². The average Bonchev–Trinajstić information content (AvgIpc) is 3.40. The molecule has 0 bridgehead atoms. The molecule has 6 heteroatoms. The fourth-order valence-electron chi connectivity index (χ4n) is 3.28. The molecule has 0 N–H and O–H groups in total. The summed E-state index contributed by atoms with van der Waals surface area (Å²) in [6.07, 6.45) is 5.91. The average molecular weight is 303 g/mol. The van der Waals surface area contributed by atoms with Crippen molar-refractivity contribution in [2.24, 2.45) is 0 Å². The Hall–Kier alpha value is -1.53. The van der Waals surface area contributed by atoms with E-state index in [-0.39, 0.29) is 11.5 Å². The summed E-state index contributed by atoms with van der Waals surface area (Å²) in [7, 11) is 0. The first-order valence-corrected chi connectivity index (χ1v) is 8.10. The lowest BCUT2D eigenvalue weighted by molar-refractivity contribution is -0.160. The van der Waals surface area contributed by atoms with E-state index in [1.54, 1.807) is 12.3 Å². The minimum Gasteiger partial charge on any atom is -0.378 e. The van der Waals surface area contributed by atoms with E-state index in [1.807, 2.05) is 4.90 Å². The second-order valence-electron chi connectivity index (χ2n) is 6.49. The summed E-state index contributed by atoms with van der Waals surface area (Å²) in [5.41, 5.74) is 0.184. The van der Waals surface area contributed by atoms with Gasteiger partial charge < -0.3 is 14.4 Å². The second-order valence-corrected chi connectivity index (χ2v) is 6.49. The minimum atomic E-state index is -0.321. The van der Waals surface area contributed by atoms with Crippen LogP contribution in [-0.4, -0.2) is 59.3 Å². The number of aromatic nitrogens is 2. The molecule has 0 aromatic carbocycles. The molecular weight excluding hydrogens is 282 g/mol. The number of ether oxygens (including phenoxy) is 2. The van der Waals surface area contributed by atoms with Gasteiger partial charge in [-0.25, -0.2) is 9.97 Å². The minimum absolute atomic E-state index is 0.0162. The summed E-state index contributed by atoms with van der Waals surface area (Å²) in [6, 6.07) is 1.72. The lowest BCUT2D eigenvalue weighted by Gasteiger charge is -2.44. The van der Waals surface area contributed by atoms with Crippen LogP contribution < -0.4 is 0 Å². The van der Waals surface area contributed by atoms with Crippen molar-refractivity contribution in [2.75, 3.05) is 32.9 Å². The molecule has 1 amide bonds. The van der Waals surface area contributed by atoms with E-state index >= 15 is 0 Å². The smallest absolute Gasteiger partial charge is 0.272 e. The first kappa shape index (κ1) is 14.1. The van der Waals surface area contributed by atoms with Gasteiger partial charge in [-0.1, -0.05) is 0 Å². The van der Waals surface area contributed by atoms with Gasteiger partial charge in [-0.15, -0.1) is 0 Å². The zero-order chi connectivity index (χ0) is 15.0. The number of carbonyl (C=O) groups excluding carboxylic acids is 1. The fourth-order valence-corrected chi connectivity index (χ4v) is 3.28. The Labute approximate surface area is 129 Å². The van der Waals surface area contributed by atoms with Crippen LogP contribution in [0.4, 0.5) is 0 Å². The number of nitrogens with zero attached hydrogens (tertiary/aromatic N) is 3. The third kappa shape index (κ3) is 2.73. The highest BCUT2D eigenvalue weighted by Crippen LogP contribution is 2.37. The number of amides is 1.